The molecule has 8 heteroatoms. The summed E-state index contributed by atoms with van der Waals surface area (Å²) >= 11 is 3.43. The smallest absolute Gasteiger partial charge is 0.407 e. The van der Waals surface area contributed by atoms with Crippen molar-refractivity contribution in [3.05, 3.63) is 21.9 Å². The molecule has 2 heterocycles. The molecule has 0 spiro atoms. The molecular formula is C14H19BrN2O5. The molecule has 0 radical (unpaired) electrons. The SMILES string of the molecule is CCOC(=O)c1cc(Br)n(C[C@@H]2CN(C(=O)O)CCO2)c1C. The van der Waals surface area contributed by atoms with Crippen LogP contribution in [0.5, 0.6) is 0 Å². The van der Waals surface area contributed by atoms with E-state index in [0.717, 1.165) is 10.3 Å². The Morgan fingerprint density at radius 2 is 2.27 bits per heavy atom. The zero-order chi connectivity index (χ0) is 16.3. The van der Waals surface area contributed by atoms with E-state index in [9.17, 15) is 9.59 Å². The van der Waals surface area contributed by atoms with Gasteiger partial charge in [-0.1, -0.05) is 0 Å². The van der Waals surface area contributed by atoms with Gasteiger partial charge in [-0.3, -0.25) is 0 Å². The average Bonchev–Trinajstić information content (AvgIpc) is 2.76. The van der Waals surface area contributed by atoms with Crippen molar-refractivity contribution in [1.29, 1.82) is 0 Å². The molecule has 0 aliphatic carbocycles. The maximum absolute atomic E-state index is 11.9. The molecule has 1 aromatic rings. The zero-order valence-electron chi connectivity index (χ0n) is 12.5. The Bertz CT molecular complexity index is 572. The van der Waals surface area contributed by atoms with Crippen molar-refractivity contribution >= 4 is 28.0 Å². The van der Waals surface area contributed by atoms with Gasteiger partial charge in [0.25, 0.3) is 0 Å². The first-order valence-electron chi connectivity index (χ1n) is 7.06. The zero-order valence-corrected chi connectivity index (χ0v) is 14.1. The predicted molar refractivity (Wildman–Crippen MR) is 82.2 cm³/mol. The number of halogens is 1. The fraction of sp³-hybridized carbons (Fsp3) is 0.571. The first-order valence-corrected chi connectivity index (χ1v) is 7.85. The topological polar surface area (TPSA) is 81.0 Å². The molecule has 22 heavy (non-hydrogen) atoms. The van der Waals surface area contributed by atoms with Gasteiger partial charge in [-0.25, -0.2) is 9.59 Å². The minimum absolute atomic E-state index is 0.248. The van der Waals surface area contributed by atoms with E-state index in [0.29, 0.717) is 38.4 Å². The Morgan fingerprint density at radius 3 is 2.91 bits per heavy atom. The molecule has 0 unspecified atom stereocenters. The third-order valence-electron chi connectivity index (χ3n) is 3.61. The number of esters is 1. The quantitative estimate of drug-likeness (QED) is 0.816. The van der Waals surface area contributed by atoms with Gasteiger partial charge in [0.2, 0.25) is 0 Å². The molecule has 0 aromatic carbocycles. The van der Waals surface area contributed by atoms with Gasteiger partial charge in [0.1, 0.15) is 0 Å². The van der Waals surface area contributed by atoms with Crippen LogP contribution in [0.15, 0.2) is 10.7 Å². The second kappa shape index (κ2) is 7.15. The summed E-state index contributed by atoms with van der Waals surface area (Å²) in [5, 5.41) is 9.06. The van der Waals surface area contributed by atoms with Gasteiger partial charge in [0.05, 0.1) is 42.6 Å². The highest BCUT2D eigenvalue weighted by atomic mass is 79.9. The molecule has 7 nitrogen and oxygen atoms in total. The van der Waals surface area contributed by atoms with Crippen LogP contribution in [-0.4, -0.2) is 59.0 Å². The molecule has 1 N–H and O–H groups in total. The number of carboxylic acid groups (broad SMARTS) is 1. The van der Waals surface area contributed by atoms with E-state index >= 15 is 0 Å². The first kappa shape index (κ1) is 16.8. The maximum atomic E-state index is 11.9. The van der Waals surface area contributed by atoms with E-state index in [4.69, 9.17) is 14.6 Å². The van der Waals surface area contributed by atoms with Crippen LogP contribution >= 0.6 is 15.9 Å². The average molecular weight is 375 g/mol. The molecule has 1 atom stereocenters. The third-order valence-corrected chi connectivity index (χ3v) is 4.26. The van der Waals surface area contributed by atoms with Crippen molar-refractivity contribution in [2.75, 3.05) is 26.3 Å². The second-order valence-electron chi connectivity index (χ2n) is 5.02. The molecule has 1 fully saturated rings. The number of ether oxygens (including phenoxy) is 2. The summed E-state index contributed by atoms with van der Waals surface area (Å²) in [6, 6.07) is 1.71. The Kier molecular flexibility index (Phi) is 5.47. The van der Waals surface area contributed by atoms with Gasteiger partial charge >= 0.3 is 12.1 Å². The van der Waals surface area contributed by atoms with Crippen molar-refractivity contribution in [1.82, 2.24) is 9.47 Å². The van der Waals surface area contributed by atoms with Gasteiger partial charge in [0.15, 0.2) is 0 Å². The lowest BCUT2D eigenvalue weighted by molar-refractivity contribution is -0.0296. The normalized spacial score (nSPS) is 18.3. The lowest BCUT2D eigenvalue weighted by atomic mass is 10.2. The highest BCUT2D eigenvalue weighted by Gasteiger charge is 2.26. The standard InChI is InChI=1S/C14H19BrN2O5/c1-3-21-13(18)11-6-12(15)17(9(11)2)8-10-7-16(14(19)20)4-5-22-10/h6,10H,3-5,7-8H2,1-2H3,(H,19,20)/t10-/m0/s1. The van der Waals surface area contributed by atoms with Crippen LogP contribution in [0, 0.1) is 6.92 Å². The minimum atomic E-state index is -0.941. The Balaban J connectivity index is 2.13. The number of carbonyl (C=O) groups excluding carboxylic acids is 1. The van der Waals surface area contributed by atoms with E-state index in [-0.39, 0.29) is 12.1 Å². The van der Waals surface area contributed by atoms with Crippen LogP contribution in [0.3, 0.4) is 0 Å². The number of amides is 1. The van der Waals surface area contributed by atoms with Crippen LogP contribution in [0.25, 0.3) is 0 Å². The number of nitrogens with zero attached hydrogens (tertiary/aromatic N) is 2. The Hall–Kier alpha value is -1.54. The fourth-order valence-corrected chi connectivity index (χ4v) is 3.09. The number of morpholine rings is 1. The van der Waals surface area contributed by atoms with Gasteiger partial charge in [0, 0.05) is 12.2 Å². The number of hydrogen-bond acceptors (Lipinski definition) is 4. The molecule has 1 aliphatic heterocycles. The summed E-state index contributed by atoms with van der Waals surface area (Å²) in [5.41, 5.74) is 1.26. The van der Waals surface area contributed by atoms with Crippen molar-refractivity contribution in [3.63, 3.8) is 0 Å². The minimum Gasteiger partial charge on any atom is -0.465 e. The van der Waals surface area contributed by atoms with Gasteiger partial charge in [-0.2, -0.15) is 0 Å². The van der Waals surface area contributed by atoms with Gasteiger partial charge < -0.3 is 24.0 Å². The molecule has 0 saturated carbocycles. The summed E-state index contributed by atoms with van der Waals surface area (Å²) < 4.78 is 13.3. The van der Waals surface area contributed by atoms with Crippen LogP contribution in [0.4, 0.5) is 4.79 Å². The van der Waals surface area contributed by atoms with E-state index in [1.165, 1.54) is 4.90 Å². The van der Waals surface area contributed by atoms with E-state index in [1.54, 1.807) is 13.0 Å². The summed E-state index contributed by atoms with van der Waals surface area (Å²) in [7, 11) is 0. The monoisotopic (exact) mass is 374 g/mol. The van der Waals surface area contributed by atoms with E-state index < -0.39 is 6.09 Å². The van der Waals surface area contributed by atoms with Crippen LogP contribution in [-0.2, 0) is 16.0 Å². The fourth-order valence-electron chi connectivity index (χ4n) is 2.45. The van der Waals surface area contributed by atoms with Crippen LogP contribution in [0.1, 0.15) is 23.0 Å². The van der Waals surface area contributed by atoms with Crippen LogP contribution < -0.4 is 0 Å². The highest BCUT2D eigenvalue weighted by molar-refractivity contribution is 9.10. The van der Waals surface area contributed by atoms with Crippen molar-refractivity contribution in [3.8, 4) is 0 Å². The summed E-state index contributed by atoms with van der Waals surface area (Å²) in [4.78, 5) is 24.3. The summed E-state index contributed by atoms with van der Waals surface area (Å²) in [6.07, 6.45) is -1.19. The molecular weight excluding hydrogens is 356 g/mol. The number of hydrogen-bond donors (Lipinski definition) is 1. The van der Waals surface area contributed by atoms with Gasteiger partial charge in [-0.05, 0) is 35.8 Å². The molecule has 1 saturated heterocycles. The van der Waals surface area contributed by atoms with Crippen molar-refractivity contribution in [2.24, 2.45) is 0 Å². The molecule has 1 aliphatic rings. The molecule has 122 valence electrons. The molecule has 1 amide bonds. The number of carbonyl (C=O) groups is 2. The third kappa shape index (κ3) is 3.61. The molecule has 0 bridgehead atoms. The molecule has 1 aromatic heterocycles. The van der Waals surface area contributed by atoms with E-state index in [1.807, 2.05) is 11.5 Å². The summed E-state index contributed by atoms with van der Waals surface area (Å²) in [6.45, 7) is 5.44. The highest BCUT2D eigenvalue weighted by Crippen LogP contribution is 2.23. The molecule has 2 rings (SSSR count). The van der Waals surface area contributed by atoms with Crippen molar-refractivity contribution < 1.29 is 24.2 Å². The maximum Gasteiger partial charge on any atom is 0.407 e. The lowest BCUT2D eigenvalue weighted by Crippen LogP contribution is -2.46. The van der Waals surface area contributed by atoms with Crippen LogP contribution in [0.2, 0.25) is 0 Å². The Labute approximate surface area is 136 Å². The Morgan fingerprint density at radius 1 is 1.55 bits per heavy atom. The van der Waals surface area contributed by atoms with E-state index in [2.05, 4.69) is 15.9 Å². The second-order valence-corrected chi connectivity index (χ2v) is 5.83. The number of rotatable bonds is 4. The number of aromatic nitrogens is 1. The largest absolute Gasteiger partial charge is 0.465 e. The predicted octanol–water partition coefficient (Wildman–Crippen LogP) is 2.11. The van der Waals surface area contributed by atoms with Crippen molar-refractivity contribution in [2.45, 2.75) is 26.5 Å². The van der Waals surface area contributed by atoms with Gasteiger partial charge in [-0.15, -0.1) is 0 Å². The first-order chi connectivity index (χ1) is 10.4. The lowest BCUT2D eigenvalue weighted by Gasteiger charge is -2.31. The summed E-state index contributed by atoms with van der Waals surface area (Å²) in [5.74, 6) is -0.365.